The van der Waals surface area contributed by atoms with Gasteiger partial charge in [-0.2, -0.15) is 0 Å². The third-order valence-corrected chi connectivity index (χ3v) is 2.39. The number of carbonyl (C=O) groups is 1. The second-order valence-electron chi connectivity index (χ2n) is 3.51. The van der Waals surface area contributed by atoms with Gasteiger partial charge in [0, 0.05) is 0 Å². The Morgan fingerprint density at radius 1 is 1.18 bits per heavy atom. The Hall–Kier alpha value is -1.75. The van der Waals surface area contributed by atoms with Gasteiger partial charge in [0.1, 0.15) is 11.5 Å². The number of aliphatic hydroxyl groups is 1. The molecular weight excluding hydrogens is 224 g/mol. The summed E-state index contributed by atoms with van der Waals surface area (Å²) in [5.41, 5.74) is 1.17. The van der Waals surface area contributed by atoms with E-state index >= 15 is 0 Å². The Morgan fingerprint density at radius 2 is 1.65 bits per heavy atom. The van der Waals surface area contributed by atoms with E-state index in [1.54, 1.807) is 12.1 Å². The normalized spacial score (nSPS) is 11.8. The van der Waals surface area contributed by atoms with Crippen molar-refractivity contribution in [2.24, 2.45) is 0 Å². The molecule has 0 aliphatic carbocycles. The molecule has 1 aromatic rings. The number of ether oxygens (including phenoxy) is 3. The van der Waals surface area contributed by atoms with Gasteiger partial charge in [-0.05, 0) is 24.6 Å². The summed E-state index contributed by atoms with van der Waals surface area (Å²) in [6.07, 6.45) is -1.43. The molecule has 1 atom stereocenters. The Balaban J connectivity index is 3.33. The first-order valence-electron chi connectivity index (χ1n) is 5.03. The van der Waals surface area contributed by atoms with Crippen LogP contribution in [0.25, 0.3) is 0 Å². The fourth-order valence-corrected chi connectivity index (χ4v) is 1.57. The molecule has 0 amide bonds. The SMILES string of the molecule is COC(=O)C(O)c1c(OC)cc(C)cc1OC. The maximum atomic E-state index is 11.4. The molecule has 0 aromatic heterocycles. The van der Waals surface area contributed by atoms with E-state index in [0.717, 1.165) is 5.56 Å². The molecule has 1 unspecified atom stereocenters. The van der Waals surface area contributed by atoms with Gasteiger partial charge in [-0.15, -0.1) is 0 Å². The van der Waals surface area contributed by atoms with Gasteiger partial charge in [-0.3, -0.25) is 0 Å². The number of carbonyl (C=O) groups excluding carboxylic acids is 1. The number of hydrogen-bond acceptors (Lipinski definition) is 5. The number of aryl methyl sites for hydroxylation is 1. The van der Waals surface area contributed by atoms with E-state index in [-0.39, 0.29) is 5.56 Å². The lowest BCUT2D eigenvalue weighted by Gasteiger charge is -2.17. The molecule has 0 spiro atoms. The quantitative estimate of drug-likeness (QED) is 0.801. The zero-order chi connectivity index (χ0) is 13.0. The van der Waals surface area contributed by atoms with Crippen molar-refractivity contribution in [1.29, 1.82) is 0 Å². The molecule has 0 saturated heterocycles. The molecule has 0 heterocycles. The molecule has 5 heteroatoms. The van der Waals surface area contributed by atoms with Gasteiger partial charge >= 0.3 is 5.97 Å². The molecular formula is C12H16O5. The monoisotopic (exact) mass is 240 g/mol. The second kappa shape index (κ2) is 5.54. The predicted octanol–water partition coefficient (Wildman–Crippen LogP) is 1.22. The molecule has 0 radical (unpaired) electrons. The fourth-order valence-electron chi connectivity index (χ4n) is 1.57. The van der Waals surface area contributed by atoms with Crippen LogP contribution in [0.4, 0.5) is 0 Å². The summed E-state index contributed by atoms with van der Waals surface area (Å²) in [6.45, 7) is 1.86. The van der Waals surface area contributed by atoms with E-state index < -0.39 is 12.1 Å². The van der Waals surface area contributed by atoms with Gasteiger partial charge in [0.2, 0.25) is 0 Å². The molecule has 1 N–H and O–H groups in total. The van der Waals surface area contributed by atoms with Gasteiger partial charge in [-0.25, -0.2) is 4.79 Å². The van der Waals surface area contributed by atoms with Crippen LogP contribution in [0.15, 0.2) is 12.1 Å². The van der Waals surface area contributed by atoms with Crippen LogP contribution in [0.1, 0.15) is 17.2 Å². The molecule has 94 valence electrons. The zero-order valence-corrected chi connectivity index (χ0v) is 10.3. The highest BCUT2D eigenvalue weighted by molar-refractivity contribution is 5.78. The van der Waals surface area contributed by atoms with Crippen molar-refractivity contribution in [3.8, 4) is 11.5 Å². The smallest absolute Gasteiger partial charge is 0.339 e. The van der Waals surface area contributed by atoms with Crippen LogP contribution in [0.2, 0.25) is 0 Å². The largest absolute Gasteiger partial charge is 0.496 e. The Labute approximate surface area is 99.9 Å². The van der Waals surface area contributed by atoms with Crippen molar-refractivity contribution in [2.45, 2.75) is 13.0 Å². The van der Waals surface area contributed by atoms with Gasteiger partial charge < -0.3 is 19.3 Å². The molecule has 0 aliphatic rings. The van der Waals surface area contributed by atoms with Crippen LogP contribution in [0.3, 0.4) is 0 Å². The number of rotatable bonds is 4. The summed E-state index contributed by atoms with van der Waals surface area (Å²) < 4.78 is 14.8. The van der Waals surface area contributed by atoms with Crippen LogP contribution in [0, 0.1) is 6.92 Å². The number of hydrogen-bond donors (Lipinski definition) is 1. The van der Waals surface area contributed by atoms with E-state index in [9.17, 15) is 9.90 Å². The topological polar surface area (TPSA) is 65.0 Å². The lowest BCUT2D eigenvalue weighted by Crippen LogP contribution is -2.15. The van der Waals surface area contributed by atoms with Crippen molar-refractivity contribution in [2.75, 3.05) is 21.3 Å². The zero-order valence-electron chi connectivity index (χ0n) is 10.3. The number of aliphatic hydroxyl groups excluding tert-OH is 1. The summed E-state index contributed by atoms with van der Waals surface area (Å²) in [4.78, 5) is 11.4. The highest BCUT2D eigenvalue weighted by Crippen LogP contribution is 2.35. The number of methoxy groups -OCH3 is 3. The summed E-state index contributed by atoms with van der Waals surface area (Å²) in [6, 6.07) is 3.42. The van der Waals surface area contributed by atoms with Gasteiger partial charge in [0.05, 0.1) is 26.9 Å². The third kappa shape index (κ3) is 2.68. The minimum atomic E-state index is -1.43. The van der Waals surface area contributed by atoms with Crippen LogP contribution in [-0.4, -0.2) is 32.4 Å². The van der Waals surface area contributed by atoms with E-state index in [0.29, 0.717) is 11.5 Å². The van der Waals surface area contributed by atoms with Crippen molar-refractivity contribution in [3.63, 3.8) is 0 Å². The minimum absolute atomic E-state index is 0.271. The van der Waals surface area contributed by atoms with Crippen LogP contribution in [-0.2, 0) is 9.53 Å². The molecule has 0 bridgehead atoms. The average molecular weight is 240 g/mol. The van der Waals surface area contributed by atoms with E-state index in [2.05, 4.69) is 4.74 Å². The van der Waals surface area contributed by atoms with Gasteiger partial charge in [0.15, 0.2) is 6.10 Å². The molecule has 0 fully saturated rings. The summed E-state index contributed by atoms with van der Waals surface area (Å²) in [5.74, 6) is 0.0185. The lowest BCUT2D eigenvalue weighted by atomic mass is 10.0. The standard InChI is InChI=1S/C12H16O5/c1-7-5-8(15-2)10(9(6-7)16-3)11(13)12(14)17-4/h5-6,11,13H,1-4H3. The summed E-state index contributed by atoms with van der Waals surface area (Å²) in [7, 11) is 4.13. The van der Waals surface area contributed by atoms with Crippen molar-refractivity contribution in [3.05, 3.63) is 23.3 Å². The summed E-state index contributed by atoms with van der Waals surface area (Å²) >= 11 is 0. The predicted molar refractivity (Wildman–Crippen MR) is 61.3 cm³/mol. The van der Waals surface area contributed by atoms with Gasteiger partial charge in [0.25, 0.3) is 0 Å². The first-order valence-corrected chi connectivity index (χ1v) is 5.03. The number of benzene rings is 1. The number of esters is 1. The van der Waals surface area contributed by atoms with Gasteiger partial charge in [-0.1, -0.05) is 0 Å². The Morgan fingerprint density at radius 3 is 2.00 bits per heavy atom. The van der Waals surface area contributed by atoms with Crippen molar-refractivity contribution >= 4 is 5.97 Å². The molecule has 17 heavy (non-hydrogen) atoms. The highest BCUT2D eigenvalue weighted by Gasteiger charge is 2.26. The molecule has 5 nitrogen and oxygen atoms in total. The first kappa shape index (κ1) is 13.3. The van der Waals surface area contributed by atoms with Crippen molar-refractivity contribution in [1.82, 2.24) is 0 Å². The molecule has 0 saturated carbocycles. The Kier molecular flexibility index (Phi) is 4.34. The molecule has 1 aromatic carbocycles. The maximum Gasteiger partial charge on any atom is 0.339 e. The average Bonchev–Trinajstić information content (AvgIpc) is 2.35. The van der Waals surface area contributed by atoms with Crippen LogP contribution in [0.5, 0.6) is 11.5 Å². The maximum absolute atomic E-state index is 11.4. The van der Waals surface area contributed by atoms with E-state index in [4.69, 9.17) is 9.47 Å². The van der Waals surface area contributed by atoms with E-state index in [1.165, 1.54) is 21.3 Å². The third-order valence-electron chi connectivity index (χ3n) is 2.39. The van der Waals surface area contributed by atoms with Crippen LogP contribution >= 0.6 is 0 Å². The fraction of sp³-hybridized carbons (Fsp3) is 0.417. The summed E-state index contributed by atoms with van der Waals surface area (Å²) in [5, 5.41) is 9.87. The second-order valence-corrected chi connectivity index (χ2v) is 3.51. The van der Waals surface area contributed by atoms with E-state index in [1.807, 2.05) is 6.92 Å². The lowest BCUT2D eigenvalue weighted by molar-refractivity contribution is -0.150. The first-order chi connectivity index (χ1) is 8.04. The van der Waals surface area contributed by atoms with Crippen molar-refractivity contribution < 1.29 is 24.1 Å². The Bertz CT molecular complexity index is 388. The molecule has 1 rings (SSSR count). The minimum Gasteiger partial charge on any atom is -0.496 e. The van der Waals surface area contributed by atoms with Crippen LogP contribution < -0.4 is 9.47 Å². The highest BCUT2D eigenvalue weighted by atomic mass is 16.5. The molecule has 0 aliphatic heterocycles.